The molecule has 0 aromatic carbocycles. The summed E-state index contributed by atoms with van der Waals surface area (Å²) in [5.74, 6) is -0.565. The molecule has 0 spiro atoms. The number of H-pyrrole nitrogens is 3. The molecule has 66 heteroatoms. The van der Waals surface area contributed by atoms with E-state index in [1.807, 2.05) is 0 Å². The van der Waals surface area contributed by atoms with Crippen molar-refractivity contribution in [2.75, 3.05) is 152 Å². The summed E-state index contributed by atoms with van der Waals surface area (Å²) < 4.78 is 191. The Hall–Kier alpha value is -6.40. The van der Waals surface area contributed by atoms with Crippen LogP contribution in [0.2, 0.25) is 0 Å². The molecule has 794 valence electrons. The molecule has 0 radical (unpaired) electrons. The molecule has 12 heterocycles. The molecule has 11 N–H and O–H groups in total. The largest absolute Gasteiger partial charge is 0.780 e. The Kier molecular flexibility index (Phi) is 40.1. The fraction of sp³-hybridized carbons (Fsp3) is 0.684. The highest BCUT2D eigenvalue weighted by molar-refractivity contribution is 8.32. The van der Waals surface area contributed by atoms with Gasteiger partial charge < -0.3 is 175 Å². The zero-order valence-corrected chi connectivity index (χ0v) is 85.9. The van der Waals surface area contributed by atoms with Gasteiger partial charge in [-0.2, -0.15) is 15.0 Å². The van der Waals surface area contributed by atoms with Gasteiger partial charge in [0.05, 0.1) is 111 Å². The Labute approximate surface area is 826 Å². The molecule has 28 atom stereocenters. The van der Waals surface area contributed by atoms with Crippen LogP contribution in [0.15, 0.2) is 80.3 Å². The zero-order chi connectivity index (χ0) is 104. The summed E-state index contributed by atoms with van der Waals surface area (Å²) in [4.78, 5) is 196. The number of methoxy groups -OCH3 is 5. The van der Waals surface area contributed by atoms with Crippen LogP contribution in [-0.2, 0) is 178 Å². The fourth-order valence-corrected chi connectivity index (χ4v) is 22.5. The number of phosphoric acid groups is 1. The summed E-state index contributed by atoms with van der Waals surface area (Å²) >= 11 is 22.3. The molecule has 142 heavy (non-hydrogen) atoms. The Morgan fingerprint density at radius 2 is 0.704 bits per heavy atom. The molecule has 10 unspecified atom stereocenters. The smallest absolute Gasteiger partial charge is 0.351 e. The Bertz CT molecular complexity index is 6220. The number of aryl methyl sites for hydroxylation is 6. The second kappa shape index (κ2) is 49.8. The first kappa shape index (κ1) is 114. The first-order valence-electron chi connectivity index (χ1n) is 43.5. The maximum Gasteiger partial charge on any atom is 0.351 e. The molecule has 6 aromatic heterocycles. The van der Waals surface area contributed by atoms with Crippen LogP contribution in [0.4, 0.5) is 17.5 Å². The number of hydrogen-bond acceptors (Lipinski definition) is 51. The topological polar surface area (TPSA) is 731 Å². The molecule has 57 nitrogen and oxygen atoms in total. The standard InChI is InChI=1S/C76H114N15O42P5S4/c1-13-42-43(24-49(123-42)86-28-39(5)63(93)83-74(86)99)129-135(104,139)120-34-47-53(59(117-23-18-112-12)70(128-47)91-30-41(7)65(95)85-76(91)101)133-137(106,141)121-33-46-51(56(114-20-15-109-9)67(126-46)88-26-37(3)61(78)81-72(88)97)130-134(102,103)118-32-45-52(57(115-21-16-110-10)69(125-45)90-29-40(6)64(94)84-75(90)100)131-138(107,142)122-35-48-54(58(116-22-17-111-11)68(127-48)89-27-38(4)62(79)82-73(89)98)132-136(105,140)119-31-44-50(92)55(113-19-14-108-8)66(124-44)87-25-36(2)60(77)80-71(87)96/h25-30,42-59,66-70,92H,13-24,31-35H2,1-12H3,(H,102,103)(H,104,139)(H,105,140)(H,106,141)(H,107,142)(H2,77,80,96)(H2,78,81,97)(H2,79,82,98)(H,83,93,99)(H,84,94,100)(H,85,95,101)/p-4/t42-,43-,44-,45-,46-,47-,48-,49-,50+,51+,52+,53+,54+,55?,56?,57?,58?,59?,66-,67-,68-,69-,70-,135?,136?,137?,138?/m1/s1. The van der Waals surface area contributed by atoms with Crippen molar-refractivity contribution in [3.05, 3.63) is 165 Å². The van der Waals surface area contributed by atoms with Gasteiger partial charge >= 0.3 is 40.9 Å². The van der Waals surface area contributed by atoms with Crippen molar-refractivity contribution in [2.45, 2.75) is 202 Å². The van der Waals surface area contributed by atoms with Gasteiger partial charge in [-0.05, 0) is 59.8 Å². The van der Waals surface area contributed by atoms with Crippen molar-refractivity contribution in [1.29, 1.82) is 0 Å². The van der Waals surface area contributed by atoms with E-state index >= 15 is 18.9 Å². The molecular weight excluding hydrogens is 2080 g/mol. The molecule has 0 bridgehead atoms. The van der Waals surface area contributed by atoms with Crippen LogP contribution in [0.25, 0.3) is 0 Å². The average molecular weight is 2190 g/mol. The van der Waals surface area contributed by atoms with Crippen molar-refractivity contribution in [1.82, 2.24) is 57.3 Å². The van der Waals surface area contributed by atoms with Gasteiger partial charge in [0, 0.05) is 113 Å². The summed E-state index contributed by atoms with van der Waals surface area (Å²) in [5, 5.41) is 11.8. The third kappa shape index (κ3) is 28.4. The van der Waals surface area contributed by atoms with Gasteiger partial charge in [0.25, 0.3) is 24.5 Å². The van der Waals surface area contributed by atoms with E-state index in [0.29, 0.717) is 5.56 Å². The number of nitrogens with two attached hydrogens (primary N) is 3. The third-order valence-electron chi connectivity index (χ3n) is 22.9. The zero-order valence-electron chi connectivity index (χ0n) is 78.1. The molecule has 0 saturated carbocycles. The van der Waals surface area contributed by atoms with Gasteiger partial charge in [0.15, 0.2) is 37.9 Å². The maximum absolute atomic E-state index is 15.5. The fourth-order valence-electron chi connectivity index (χ4n) is 15.8. The number of hydrogen-bond donors (Lipinski definition) is 8. The van der Waals surface area contributed by atoms with Gasteiger partial charge in [-0.1, -0.05) is 30.5 Å². The predicted octanol–water partition coefficient (Wildman–Crippen LogP) is -3.77. The average Bonchev–Trinajstić information content (AvgIpc) is 1.62. The molecule has 6 aromatic rings. The normalized spacial score (nSPS) is 29.4. The number of anilines is 3. The van der Waals surface area contributed by atoms with Crippen LogP contribution in [0.3, 0.4) is 0 Å². The number of nitrogen functional groups attached to an aromatic ring is 3. The van der Waals surface area contributed by atoms with Crippen molar-refractivity contribution < 1.29 is 155 Å². The van der Waals surface area contributed by atoms with Gasteiger partial charge in [-0.15, -0.1) is 0 Å². The van der Waals surface area contributed by atoms with Gasteiger partial charge in [-0.25, -0.2) is 28.8 Å². The number of rotatable bonds is 52. The predicted molar refractivity (Wildman–Crippen MR) is 495 cm³/mol. The molecule has 6 aliphatic heterocycles. The van der Waals surface area contributed by atoms with Crippen LogP contribution >= 0.6 is 34.8 Å². The van der Waals surface area contributed by atoms with Crippen molar-refractivity contribution in [3.8, 4) is 0 Å². The van der Waals surface area contributed by atoms with Crippen LogP contribution in [-0.4, -0.2) is 306 Å². The SMILES string of the molecule is CC[C@H]1O[C@@H](n2cc(C)c(=O)[nH]c2=O)C[C@H]1OP(O)(=S)OC[C@H]1O[C@@H](n2cc(C)c(=O)[nH]c2=O)C(OCCOC)[C@H]1OP([O-])(=S)OC[C@H]1O[C@@H](n2cc(C)c(N)nc2=O)C(OCCOC)[C@H]1OP(=O)([O-])OC[C@H]1O[C@@H](n2cc(C)c(=O)[nH]c2=O)C(OCCOC)[C@H]1OP(=O)([S-])OC[C@H]1O[C@@H](n2cc(C)c(N)nc2=O)C(OCCOC)[C@H]1OP([O-])(=S)OC[C@H]1O[C@@H](n2cc(C)c(N)nc2=O)C(OCCOC)[C@H]1O. The van der Waals surface area contributed by atoms with Crippen molar-refractivity contribution in [2.24, 2.45) is 0 Å². The maximum atomic E-state index is 15.5. The van der Waals surface area contributed by atoms with Gasteiger partial charge in [0.2, 0.25) is 0 Å². The molecule has 12 rings (SSSR count). The minimum atomic E-state index is -6.21. The molecular formula is C76H110N15O42P5S4-4. The number of aromatic nitrogens is 12. The van der Waals surface area contributed by atoms with E-state index in [-0.39, 0.29) is 111 Å². The lowest BCUT2D eigenvalue weighted by Gasteiger charge is -2.36. The summed E-state index contributed by atoms with van der Waals surface area (Å²) in [5.41, 5.74) is 10.4. The van der Waals surface area contributed by atoms with Crippen molar-refractivity contribution in [3.63, 3.8) is 0 Å². The Morgan fingerprint density at radius 3 is 1.08 bits per heavy atom. The van der Waals surface area contributed by atoms with E-state index in [0.717, 1.165) is 39.8 Å². The van der Waals surface area contributed by atoms with E-state index in [4.69, 9.17) is 186 Å². The lowest BCUT2D eigenvalue weighted by Crippen LogP contribution is -2.43. The molecule has 6 saturated heterocycles. The molecule has 0 amide bonds. The second-order valence-electron chi connectivity index (χ2n) is 32.8. The Morgan fingerprint density at radius 1 is 0.401 bits per heavy atom. The summed E-state index contributed by atoms with van der Waals surface area (Å²) in [7, 11) is 0.378. The Balaban J connectivity index is 0.844. The van der Waals surface area contributed by atoms with Crippen LogP contribution in [0, 0.1) is 41.5 Å². The second-order valence-corrected chi connectivity index (χ2v) is 45.1. The number of nitrogens with one attached hydrogen (secondary N) is 3. The summed E-state index contributed by atoms with van der Waals surface area (Å²) in [6, 6.07) is 0. The van der Waals surface area contributed by atoms with E-state index in [2.05, 4.69) is 29.9 Å². The van der Waals surface area contributed by atoms with Crippen LogP contribution < -0.4 is 82.7 Å². The highest BCUT2D eigenvalue weighted by Gasteiger charge is 2.57. The number of aliphatic hydroxyl groups is 1. The summed E-state index contributed by atoms with van der Waals surface area (Å²) in [6.07, 6.45) is -31.3. The highest BCUT2D eigenvalue weighted by atomic mass is 32.7. The minimum Gasteiger partial charge on any atom is -0.780 e. The van der Waals surface area contributed by atoms with E-state index in [1.54, 1.807) is 13.8 Å². The monoisotopic (exact) mass is 2190 g/mol. The minimum absolute atomic E-state index is 0.0163. The van der Waals surface area contributed by atoms with Crippen LogP contribution in [0.5, 0.6) is 0 Å². The van der Waals surface area contributed by atoms with E-state index in [1.165, 1.54) is 95.0 Å². The lowest BCUT2D eigenvalue weighted by atomic mass is 10.1. The van der Waals surface area contributed by atoms with Gasteiger partial charge in [-0.3, -0.25) is 65.9 Å². The molecule has 6 fully saturated rings. The summed E-state index contributed by atoms with van der Waals surface area (Å²) in [6.45, 7) is -17.8. The first-order valence-corrected chi connectivity index (χ1v) is 55.2. The van der Waals surface area contributed by atoms with E-state index in [9.17, 15) is 58.0 Å². The molecule has 0 aliphatic carbocycles. The third-order valence-corrected chi connectivity index (χ3v) is 30.1. The lowest BCUT2D eigenvalue weighted by molar-refractivity contribution is -0.238. The van der Waals surface area contributed by atoms with Gasteiger partial charge in [0.1, 0.15) is 129 Å². The quantitative estimate of drug-likeness (QED) is 0.0103. The number of ether oxygens (including phenoxy) is 16. The first-order chi connectivity index (χ1) is 67.1. The highest BCUT2D eigenvalue weighted by Crippen LogP contribution is 2.57. The number of phosphoric ester groups is 1. The van der Waals surface area contributed by atoms with Crippen molar-refractivity contribution >= 4 is 99.9 Å². The number of aliphatic hydroxyl groups excluding tert-OH is 1. The van der Waals surface area contributed by atoms with Crippen LogP contribution in [0.1, 0.15) is 90.5 Å². The molecule has 6 aliphatic rings. The number of aromatic amines is 3. The number of nitrogens with zero attached hydrogens (tertiary/aromatic N) is 9. The van der Waals surface area contributed by atoms with E-state index < -0.39 is 273 Å².